The lowest BCUT2D eigenvalue weighted by Gasteiger charge is -2.46. The van der Waals surface area contributed by atoms with Gasteiger partial charge in [0, 0.05) is 29.9 Å². The summed E-state index contributed by atoms with van der Waals surface area (Å²) in [7, 11) is 1.95. The van der Waals surface area contributed by atoms with Crippen molar-refractivity contribution in [3.8, 4) is 5.75 Å². The molecular formula is C21H32N2O2S. The van der Waals surface area contributed by atoms with Crippen LogP contribution >= 0.6 is 11.8 Å². The maximum atomic E-state index is 12.9. The number of carbonyl (C=O) groups excluding carboxylic acids is 1. The van der Waals surface area contributed by atoms with Gasteiger partial charge in [-0.1, -0.05) is 26.0 Å². The van der Waals surface area contributed by atoms with Crippen LogP contribution in [-0.2, 0) is 11.2 Å². The summed E-state index contributed by atoms with van der Waals surface area (Å²) in [6.45, 7) is 4.38. The van der Waals surface area contributed by atoms with Gasteiger partial charge in [-0.05, 0) is 55.6 Å². The van der Waals surface area contributed by atoms with E-state index in [2.05, 4.69) is 30.9 Å². The number of amides is 1. The Morgan fingerprint density at radius 2 is 2.23 bits per heavy atom. The fourth-order valence-electron chi connectivity index (χ4n) is 4.58. The van der Waals surface area contributed by atoms with Gasteiger partial charge >= 0.3 is 0 Å². The number of aromatic hydroxyl groups is 1. The minimum Gasteiger partial charge on any atom is -0.508 e. The van der Waals surface area contributed by atoms with Crippen molar-refractivity contribution >= 4 is 17.7 Å². The molecule has 1 saturated carbocycles. The Labute approximate surface area is 161 Å². The molecule has 1 heterocycles. The lowest BCUT2D eigenvalue weighted by molar-refractivity contribution is -0.132. The van der Waals surface area contributed by atoms with Crippen molar-refractivity contribution in [3.63, 3.8) is 0 Å². The van der Waals surface area contributed by atoms with E-state index in [1.54, 1.807) is 18.2 Å². The third-order valence-corrected chi connectivity index (χ3v) is 7.52. The third kappa shape index (κ3) is 4.55. The molecule has 0 bridgehead atoms. The number of thioether (sulfide) groups is 1. The van der Waals surface area contributed by atoms with Crippen molar-refractivity contribution in [1.82, 2.24) is 10.2 Å². The molecule has 1 aromatic carbocycles. The van der Waals surface area contributed by atoms with Crippen LogP contribution in [-0.4, -0.2) is 51.6 Å². The van der Waals surface area contributed by atoms with Crippen LogP contribution in [0.4, 0.5) is 0 Å². The number of nitrogens with zero attached hydrogens (tertiary/aromatic N) is 1. The number of phenolic OH excluding ortho intramolecular Hbond substituents is 1. The van der Waals surface area contributed by atoms with E-state index in [4.69, 9.17) is 0 Å². The van der Waals surface area contributed by atoms with Gasteiger partial charge < -0.3 is 15.3 Å². The molecule has 5 heteroatoms. The van der Waals surface area contributed by atoms with Crippen LogP contribution in [0.5, 0.6) is 5.75 Å². The quantitative estimate of drug-likeness (QED) is 0.825. The number of nitrogens with one attached hydrogen (secondary N) is 1. The highest BCUT2D eigenvalue weighted by Gasteiger charge is 2.44. The van der Waals surface area contributed by atoms with Gasteiger partial charge in [0.25, 0.3) is 0 Å². The molecule has 1 aliphatic heterocycles. The summed E-state index contributed by atoms with van der Waals surface area (Å²) < 4.78 is 0.429. The summed E-state index contributed by atoms with van der Waals surface area (Å²) in [5, 5.41) is 13.4. The highest BCUT2D eigenvalue weighted by molar-refractivity contribution is 8.00. The van der Waals surface area contributed by atoms with Gasteiger partial charge in [-0.3, -0.25) is 4.79 Å². The first-order valence-electron chi connectivity index (χ1n) is 9.82. The van der Waals surface area contributed by atoms with Gasteiger partial charge in [-0.15, -0.1) is 0 Å². The number of hydrogen-bond acceptors (Lipinski definition) is 4. The van der Waals surface area contributed by atoms with E-state index < -0.39 is 0 Å². The average Bonchev–Trinajstić information content (AvgIpc) is 3.02. The number of benzene rings is 1. The summed E-state index contributed by atoms with van der Waals surface area (Å²) in [5.41, 5.74) is 0.869. The highest BCUT2D eigenvalue weighted by atomic mass is 32.2. The summed E-state index contributed by atoms with van der Waals surface area (Å²) in [6, 6.07) is 8.03. The zero-order valence-corrected chi connectivity index (χ0v) is 17.0. The lowest BCUT2D eigenvalue weighted by atomic mass is 9.78. The Morgan fingerprint density at radius 1 is 1.42 bits per heavy atom. The van der Waals surface area contributed by atoms with E-state index in [9.17, 15) is 9.90 Å². The van der Waals surface area contributed by atoms with Gasteiger partial charge in [0.15, 0.2) is 0 Å². The molecule has 3 atom stereocenters. The average molecular weight is 377 g/mol. The second-order valence-electron chi connectivity index (χ2n) is 8.22. The van der Waals surface area contributed by atoms with Crippen molar-refractivity contribution in [1.29, 1.82) is 0 Å². The second-order valence-corrected chi connectivity index (χ2v) is 9.79. The van der Waals surface area contributed by atoms with Crippen LogP contribution in [0.25, 0.3) is 0 Å². The Bertz CT molecular complexity index is 628. The second kappa shape index (κ2) is 8.22. The lowest BCUT2D eigenvalue weighted by Crippen LogP contribution is -2.58. The minimum absolute atomic E-state index is 0.131. The number of rotatable bonds is 5. The van der Waals surface area contributed by atoms with E-state index in [0.717, 1.165) is 18.4 Å². The number of phenols is 1. The van der Waals surface area contributed by atoms with E-state index in [-0.39, 0.29) is 17.7 Å². The van der Waals surface area contributed by atoms with Crippen LogP contribution in [0.15, 0.2) is 24.3 Å². The molecule has 144 valence electrons. The van der Waals surface area contributed by atoms with Crippen molar-refractivity contribution in [2.75, 3.05) is 12.8 Å². The summed E-state index contributed by atoms with van der Waals surface area (Å²) in [6.07, 6.45) is 6.43. The molecule has 0 radical (unpaired) electrons. The molecule has 1 aromatic rings. The molecule has 4 nitrogen and oxygen atoms in total. The topological polar surface area (TPSA) is 52.6 Å². The fraction of sp³-hybridized carbons (Fsp3) is 0.667. The summed E-state index contributed by atoms with van der Waals surface area (Å²) in [4.78, 5) is 14.8. The molecule has 2 aliphatic rings. The van der Waals surface area contributed by atoms with E-state index in [1.165, 1.54) is 25.0 Å². The van der Waals surface area contributed by atoms with Crippen molar-refractivity contribution < 1.29 is 9.90 Å². The van der Waals surface area contributed by atoms with Crippen LogP contribution in [0, 0.1) is 0 Å². The van der Waals surface area contributed by atoms with Gasteiger partial charge in [0.2, 0.25) is 5.91 Å². The first-order chi connectivity index (χ1) is 12.4. The highest BCUT2D eigenvalue weighted by Crippen LogP contribution is 2.49. The number of likely N-dealkylation sites (N-methyl/N-ethyl adjacent to an activating group) is 1. The zero-order chi connectivity index (χ0) is 18.7. The van der Waals surface area contributed by atoms with Crippen LogP contribution in [0.1, 0.15) is 51.5 Å². The maximum Gasteiger partial charge on any atom is 0.227 e. The van der Waals surface area contributed by atoms with Crippen molar-refractivity contribution in [3.05, 3.63) is 29.8 Å². The van der Waals surface area contributed by atoms with Gasteiger partial charge in [0.05, 0.1) is 6.42 Å². The molecule has 2 fully saturated rings. The molecule has 1 aliphatic carbocycles. The van der Waals surface area contributed by atoms with Crippen molar-refractivity contribution in [2.45, 2.75) is 75.2 Å². The normalized spacial score (nSPS) is 28.6. The SMILES string of the molecule is CC(C)NC1CC2(CCCS2)CCC1N(C)C(=O)Cc1cccc(O)c1. The molecular weight excluding hydrogens is 344 g/mol. The Morgan fingerprint density at radius 3 is 2.88 bits per heavy atom. The Balaban J connectivity index is 1.69. The molecule has 1 amide bonds. The summed E-state index contributed by atoms with van der Waals surface area (Å²) in [5.74, 6) is 1.63. The maximum absolute atomic E-state index is 12.9. The zero-order valence-electron chi connectivity index (χ0n) is 16.2. The van der Waals surface area contributed by atoms with Crippen molar-refractivity contribution in [2.24, 2.45) is 0 Å². The molecule has 3 rings (SSSR count). The van der Waals surface area contributed by atoms with Crippen LogP contribution in [0.3, 0.4) is 0 Å². The standard InChI is InChI=1S/C21H32N2O2S/c1-15(2)22-18-14-21(9-5-11-26-21)10-8-19(18)23(3)20(25)13-16-6-4-7-17(24)12-16/h4,6-7,12,15,18-19,22,24H,5,8-11,13-14H2,1-3H3. The third-order valence-electron chi connectivity index (χ3n) is 5.84. The van der Waals surface area contributed by atoms with Gasteiger partial charge in [-0.25, -0.2) is 0 Å². The first-order valence-corrected chi connectivity index (χ1v) is 10.8. The predicted octanol–water partition coefficient (Wildman–Crippen LogP) is 3.58. The predicted molar refractivity (Wildman–Crippen MR) is 109 cm³/mol. The first kappa shape index (κ1) is 19.6. The molecule has 1 saturated heterocycles. The Hall–Kier alpha value is -1.20. The minimum atomic E-state index is 0.131. The van der Waals surface area contributed by atoms with E-state index in [1.807, 2.05) is 18.0 Å². The molecule has 26 heavy (non-hydrogen) atoms. The smallest absolute Gasteiger partial charge is 0.227 e. The molecule has 0 aromatic heterocycles. The summed E-state index contributed by atoms with van der Waals surface area (Å²) >= 11 is 2.15. The monoisotopic (exact) mass is 376 g/mol. The fourth-order valence-corrected chi connectivity index (χ4v) is 6.15. The van der Waals surface area contributed by atoms with Gasteiger partial charge in [-0.2, -0.15) is 11.8 Å². The van der Waals surface area contributed by atoms with E-state index in [0.29, 0.717) is 23.3 Å². The van der Waals surface area contributed by atoms with Gasteiger partial charge in [0.1, 0.15) is 5.75 Å². The largest absolute Gasteiger partial charge is 0.508 e. The molecule has 2 N–H and O–H groups in total. The van der Waals surface area contributed by atoms with E-state index >= 15 is 0 Å². The molecule has 1 spiro atoms. The van der Waals surface area contributed by atoms with Crippen LogP contribution in [0.2, 0.25) is 0 Å². The Kier molecular flexibility index (Phi) is 6.18. The number of carbonyl (C=O) groups is 1. The van der Waals surface area contributed by atoms with Crippen LogP contribution < -0.4 is 5.32 Å². The number of hydrogen-bond donors (Lipinski definition) is 2. The molecule has 3 unspecified atom stereocenters.